The van der Waals surface area contributed by atoms with Gasteiger partial charge in [0.15, 0.2) is 0 Å². The average molecular weight is 215 g/mol. The van der Waals surface area contributed by atoms with E-state index < -0.39 is 0 Å². The molecule has 82 valence electrons. The summed E-state index contributed by atoms with van der Waals surface area (Å²) in [4.78, 5) is 0. The number of rotatable bonds is 1. The van der Waals surface area contributed by atoms with Gasteiger partial charge in [-0.05, 0) is 35.8 Å². The summed E-state index contributed by atoms with van der Waals surface area (Å²) in [5, 5.41) is 1.72. The Morgan fingerprint density at radius 2 is 1.75 bits per heavy atom. The molecular formula is C14H14FN. The lowest BCUT2D eigenvalue weighted by atomic mass is 9.74. The lowest BCUT2D eigenvalue weighted by molar-refractivity contribution is 0.348. The molecule has 16 heavy (non-hydrogen) atoms. The van der Waals surface area contributed by atoms with Crippen molar-refractivity contribution in [3.63, 3.8) is 0 Å². The third kappa shape index (κ3) is 1.34. The largest absolute Gasteiger partial charge is 0.327 e. The zero-order valence-electron chi connectivity index (χ0n) is 8.99. The Balaban J connectivity index is 2.21. The van der Waals surface area contributed by atoms with Gasteiger partial charge in [0, 0.05) is 11.4 Å². The van der Waals surface area contributed by atoms with Gasteiger partial charge in [-0.1, -0.05) is 30.3 Å². The number of halogens is 1. The van der Waals surface area contributed by atoms with Crippen LogP contribution in [0.4, 0.5) is 4.39 Å². The second-order valence-electron chi connectivity index (χ2n) is 4.53. The molecule has 1 aliphatic carbocycles. The lowest BCUT2D eigenvalue weighted by Gasteiger charge is -2.34. The van der Waals surface area contributed by atoms with E-state index in [4.69, 9.17) is 5.73 Å². The first-order valence-corrected chi connectivity index (χ1v) is 5.70. The molecule has 2 heteroatoms. The van der Waals surface area contributed by atoms with Crippen molar-refractivity contribution in [1.29, 1.82) is 0 Å². The van der Waals surface area contributed by atoms with E-state index in [-0.39, 0.29) is 11.9 Å². The normalized spacial score (nSPS) is 24.4. The van der Waals surface area contributed by atoms with Crippen molar-refractivity contribution in [3.8, 4) is 0 Å². The Hall–Kier alpha value is -1.41. The molecule has 0 spiro atoms. The van der Waals surface area contributed by atoms with Crippen LogP contribution < -0.4 is 5.73 Å². The molecule has 1 aliphatic rings. The topological polar surface area (TPSA) is 26.0 Å². The van der Waals surface area contributed by atoms with Crippen LogP contribution in [0.15, 0.2) is 36.4 Å². The maximum absolute atomic E-state index is 13.6. The minimum Gasteiger partial charge on any atom is -0.327 e. The highest BCUT2D eigenvalue weighted by molar-refractivity contribution is 5.86. The molecule has 0 amide bonds. The summed E-state index contributed by atoms with van der Waals surface area (Å²) < 4.78 is 13.6. The Morgan fingerprint density at radius 1 is 1.00 bits per heavy atom. The van der Waals surface area contributed by atoms with E-state index in [1.54, 1.807) is 6.07 Å². The van der Waals surface area contributed by atoms with Crippen LogP contribution in [-0.2, 0) is 0 Å². The third-order valence-corrected chi connectivity index (χ3v) is 3.63. The molecule has 0 aromatic heterocycles. The molecule has 1 fully saturated rings. The maximum Gasteiger partial charge on any atom is 0.131 e. The van der Waals surface area contributed by atoms with E-state index in [1.165, 1.54) is 11.6 Å². The van der Waals surface area contributed by atoms with Gasteiger partial charge < -0.3 is 5.73 Å². The molecule has 0 radical (unpaired) electrons. The predicted octanol–water partition coefficient (Wildman–Crippen LogP) is 3.18. The SMILES string of the molecule is N[C@H]1CCC1c1cccc2c(F)cccc12. The Kier molecular flexibility index (Phi) is 2.18. The van der Waals surface area contributed by atoms with Gasteiger partial charge >= 0.3 is 0 Å². The molecule has 1 saturated carbocycles. The summed E-state index contributed by atoms with van der Waals surface area (Å²) in [5.41, 5.74) is 7.19. The van der Waals surface area contributed by atoms with Crippen LogP contribution in [0.2, 0.25) is 0 Å². The minimum absolute atomic E-state index is 0.146. The van der Waals surface area contributed by atoms with Gasteiger partial charge in [0.2, 0.25) is 0 Å². The molecule has 2 aromatic carbocycles. The second kappa shape index (κ2) is 3.56. The van der Waals surface area contributed by atoms with Crippen molar-refractivity contribution >= 4 is 10.8 Å². The molecule has 2 N–H and O–H groups in total. The Labute approximate surface area is 94.1 Å². The van der Waals surface area contributed by atoms with E-state index in [0.29, 0.717) is 11.3 Å². The van der Waals surface area contributed by atoms with Gasteiger partial charge in [-0.15, -0.1) is 0 Å². The van der Waals surface area contributed by atoms with Gasteiger partial charge in [0.05, 0.1) is 0 Å². The highest BCUT2D eigenvalue weighted by Gasteiger charge is 2.29. The van der Waals surface area contributed by atoms with Crippen molar-refractivity contribution in [3.05, 3.63) is 47.8 Å². The molecule has 2 aromatic rings. The predicted molar refractivity (Wildman–Crippen MR) is 63.9 cm³/mol. The summed E-state index contributed by atoms with van der Waals surface area (Å²) in [6.07, 6.45) is 2.20. The first-order valence-electron chi connectivity index (χ1n) is 5.70. The minimum atomic E-state index is -0.146. The van der Waals surface area contributed by atoms with E-state index in [2.05, 4.69) is 6.07 Å². The highest BCUT2D eigenvalue weighted by Crippen LogP contribution is 2.39. The number of benzene rings is 2. The van der Waals surface area contributed by atoms with Crippen LogP contribution in [0.1, 0.15) is 24.3 Å². The first-order chi connectivity index (χ1) is 7.77. The van der Waals surface area contributed by atoms with Crippen molar-refractivity contribution in [2.75, 3.05) is 0 Å². The van der Waals surface area contributed by atoms with Crippen LogP contribution in [-0.4, -0.2) is 6.04 Å². The monoisotopic (exact) mass is 215 g/mol. The van der Waals surface area contributed by atoms with Crippen molar-refractivity contribution in [1.82, 2.24) is 0 Å². The van der Waals surface area contributed by atoms with Crippen molar-refractivity contribution < 1.29 is 4.39 Å². The summed E-state index contributed by atoms with van der Waals surface area (Å²) in [6, 6.07) is 11.3. The number of hydrogen-bond donors (Lipinski definition) is 1. The molecule has 3 rings (SSSR count). The zero-order valence-corrected chi connectivity index (χ0v) is 8.99. The Morgan fingerprint density at radius 3 is 2.44 bits per heavy atom. The highest BCUT2D eigenvalue weighted by atomic mass is 19.1. The molecule has 0 bridgehead atoms. The fourth-order valence-electron chi connectivity index (χ4n) is 2.53. The fraction of sp³-hybridized carbons (Fsp3) is 0.286. The van der Waals surface area contributed by atoms with Crippen LogP contribution in [0, 0.1) is 5.82 Å². The smallest absolute Gasteiger partial charge is 0.131 e. The molecule has 1 unspecified atom stereocenters. The number of nitrogens with two attached hydrogens (primary N) is 1. The first kappa shape index (κ1) is 9.79. The quantitative estimate of drug-likeness (QED) is 0.776. The van der Waals surface area contributed by atoms with E-state index in [1.807, 2.05) is 18.2 Å². The van der Waals surface area contributed by atoms with Gasteiger partial charge in [0.25, 0.3) is 0 Å². The van der Waals surface area contributed by atoms with Crippen molar-refractivity contribution in [2.24, 2.45) is 5.73 Å². The molecule has 0 saturated heterocycles. The second-order valence-corrected chi connectivity index (χ2v) is 4.53. The molecule has 0 heterocycles. The molecule has 0 aliphatic heterocycles. The average Bonchev–Trinajstić information content (AvgIpc) is 2.29. The van der Waals surface area contributed by atoms with Gasteiger partial charge in [0.1, 0.15) is 5.82 Å². The maximum atomic E-state index is 13.6. The van der Waals surface area contributed by atoms with E-state index in [0.717, 1.165) is 18.2 Å². The van der Waals surface area contributed by atoms with Crippen LogP contribution in [0.3, 0.4) is 0 Å². The van der Waals surface area contributed by atoms with Crippen LogP contribution >= 0.6 is 0 Å². The zero-order chi connectivity index (χ0) is 11.1. The lowest BCUT2D eigenvalue weighted by Crippen LogP contribution is -2.37. The standard InChI is InChI=1S/C14H14FN/c15-13-6-2-4-9-10(3-1-5-11(9)13)12-7-8-14(12)16/h1-6,12,14H,7-8,16H2/t12?,14-/m0/s1. The van der Waals surface area contributed by atoms with Crippen LogP contribution in [0.25, 0.3) is 10.8 Å². The third-order valence-electron chi connectivity index (χ3n) is 3.63. The van der Waals surface area contributed by atoms with Crippen LogP contribution in [0.5, 0.6) is 0 Å². The molecule has 2 atom stereocenters. The summed E-state index contributed by atoms with van der Waals surface area (Å²) >= 11 is 0. The molecule has 1 nitrogen and oxygen atoms in total. The van der Waals surface area contributed by atoms with Gasteiger partial charge in [-0.25, -0.2) is 4.39 Å². The van der Waals surface area contributed by atoms with Crippen molar-refractivity contribution in [2.45, 2.75) is 24.8 Å². The Bertz CT molecular complexity index is 535. The number of fused-ring (bicyclic) bond motifs is 1. The summed E-state index contributed by atoms with van der Waals surface area (Å²) in [7, 11) is 0. The summed E-state index contributed by atoms with van der Waals surface area (Å²) in [6.45, 7) is 0. The van der Waals surface area contributed by atoms with Gasteiger partial charge in [-0.3, -0.25) is 0 Å². The summed E-state index contributed by atoms with van der Waals surface area (Å²) in [5.74, 6) is 0.262. The van der Waals surface area contributed by atoms with E-state index in [9.17, 15) is 4.39 Å². The van der Waals surface area contributed by atoms with E-state index >= 15 is 0 Å². The van der Waals surface area contributed by atoms with Gasteiger partial charge in [-0.2, -0.15) is 0 Å². The number of hydrogen-bond acceptors (Lipinski definition) is 1. The molecular weight excluding hydrogens is 201 g/mol. The fourth-order valence-corrected chi connectivity index (χ4v) is 2.53.